The zero-order chi connectivity index (χ0) is 11.8. The van der Waals surface area contributed by atoms with Crippen molar-refractivity contribution in [2.45, 2.75) is 13.5 Å². The van der Waals surface area contributed by atoms with E-state index in [9.17, 15) is 4.79 Å². The molecular weight excluding hydrogens is 214 g/mol. The zero-order valence-corrected chi connectivity index (χ0v) is 9.43. The van der Waals surface area contributed by atoms with Crippen molar-refractivity contribution in [1.82, 2.24) is 4.98 Å². The first-order chi connectivity index (χ1) is 8.24. The molecule has 1 aromatic carbocycles. The first kappa shape index (κ1) is 10.0. The largest absolute Gasteiger partial charge is 0.457 e. The number of ether oxygens (including phenoxy) is 1. The van der Waals surface area contributed by atoms with E-state index in [-0.39, 0.29) is 5.97 Å². The SMILES string of the molecule is Cc1cccc(-c2ccc3c(c2)COC3=O)n1. The van der Waals surface area contributed by atoms with Gasteiger partial charge in [-0.1, -0.05) is 12.1 Å². The van der Waals surface area contributed by atoms with Gasteiger partial charge in [-0.05, 0) is 31.2 Å². The molecule has 1 aliphatic heterocycles. The molecular formula is C14H11NO2. The Balaban J connectivity index is 2.09. The number of carbonyl (C=O) groups is 1. The van der Waals surface area contributed by atoms with E-state index in [1.165, 1.54) is 0 Å². The van der Waals surface area contributed by atoms with Crippen LogP contribution in [0.25, 0.3) is 11.3 Å². The van der Waals surface area contributed by atoms with E-state index >= 15 is 0 Å². The van der Waals surface area contributed by atoms with Crippen LogP contribution in [-0.4, -0.2) is 11.0 Å². The minimum Gasteiger partial charge on any atom is -0.457 e. The van der Waals surface area contributed by atoms with Gasteiger partial charge < -0.3 is 4.74 Å². The Morgan fingerprint density at radius 3 is 2.94 bits per heavy atom. The monoisotopic (exact) mass is 225 g/mol. The Labute approximate surface area is 99.1 Å². The highest BCUT2D eigenvalue weighted by Crippen LogP contribution is 2.25. The minimum atomic E-state index is -0.233. The number of aryl methyl sites for hydroxylation is 1. The van der Waals surface area contributed by atoms with Crippen LogP contribution in [0.5, 0.6) is 0 Å². The highest BCUT2D eigenvalue weighted by atomic mass is 16.5. The van der Waals surface area contributed by atoms with Crippen LogP contribution in [0.4, 0.5) is 0 Å². The number of esters is 1. The molecule has 0 spiro atoms. The molecule has 0 unspecified atom stereocenters. The molecule has 2 aromatic rings. The first-order valence-corrected chi connectivity index (χ1v) is 5.48. The van der Waals surface area contributed by atoms with Crippen LogP contribution < -0.4 is 0 Å². The van der Waals surface area contributed by atoms with Crippen LogP contribution in [0.15, 0.2) is 36.4 Å². The lowest BCUT2D eigenvalue weighted by Gasteiger charge is -2.03. The van der Waals surface area contributed by atoms with Crippen molar-refractivity contribution in [3.63, 3.8) is 0 Å². The molecule has 0 aliphatic carbocycles. The number of carbonyl (C=O) groups excluding carboxylic acids is 1. The molecule has 0 bridgehead atoms. The van der Waals surface area contributed by atoms with Crippen molar-refractivity contribution in [1.29, 1.82) is 0 Å². The lowest BCUT2D eigenvalue weighted by Crippen LogP contribution is -1.93. The van der Waals surface area contributed by atoms with Crippen LogP contribution in [0.1, 0.15) is 21.6 Å². The van der Waals surface area contributed by atoms with E-state index in [4.69, 9.17) is 4.74 Å². The summed E-state index contributed by atoms with van der Waals surface area (Å²) in [7, 11) is 0. The van der Waals surface area contributed by atoms with Gasteiger partial charge in [-0.3, -0.25) is 4.98 Å². The third-order valence-electron chi connectivity index (χ3n) is 2.87. The van der Waals surface area contributed by atoms with Gasteiger partial charge in [0.2, 0.25) is 0 Å². The van der Waals surface area contributed by atoms with Gasteiger partial charge in [0.1, 0.15) is 6.61 Å². The van der Waals surface area contributed by atoms with E-state index in [0.29, 0.717) is 12.2 Å². The van der Waals surface area contributed by atoms with Crippen LogP contribution >= 0.6 is 0 Å². The van der Waals surface area contributed by atoms with Crippen molar-refractivity contribution in [3.8, 4) is 11.3 Å². The number of pyridine rings is 1. The van der Waals surface area contributed by atoms with Gasteiger partial charge in [0.05, 0.1) is 11.3 Å². The summed E-state index contributed by atoms with van der Waals surface area (Å²) in [6.07, 6.45) is 0. The number of fused-ring (bicyclic) bond motifs is 1. The molecule has 1 aliphatic rings. The van der Waals surface area contributed by atoms with E-state index in [0.717, 1.165) is 22.5 Å². The molecule has 0 amide bonds. The number of cyclic esters (lactones) is 1. The molecule has 0 saturated heterocycles. The molecule has 3 nitrogen and oxygen atoms in total. The van der Waals surface area contributed by atoms with E-state index in [1.54, 1.807) is 0 Å². The molecule has 84 valence electrons. The number of hydrogen-bond donors (Lipinski definition) is 0. The van der Waals surface area contributed by atoms with Gasteiger partial charge in [0.25, 0.3) is 0 Å². The number of aromatic nitrogens is 1. The van der Waals surface area contributed by atoms with Crippen LogP contribution in [0.3, 0.4) is 0 Å². The van der Waals surface area contributed by atoms with E-state index in [2.05, 4.69) is 4.98 Å². The third-order valence-corrected chi connectivity index (χ3v) is 2.87. The summed E-state index contributed by atoms with van der Waals surface area (Å²) in [5.41, 5.74) is 4.53. The molecule has 17 heavy (non-hydrogen) atoms. The number of hydrogen-bond acceptors (Lipinski definition) is 3. The highest BCUT2D eigenvalue weighted by Gasteiger charge is 2.21. The summed E-state index contributed by atoms with van der Waals surface area (Å²) in [4.78, 5) is 15.8. The van der Waals surface area contributed by atoms with Crippen LogP contribution in [0, 0.1) is 6.92 Å². The molecule has 3 rings (SSSR count). The Morgan fingerprint density at radius 1 is 1.24 bits per heavy atom. The fourth-order valence-corrected chi connectivity index (χ4v) is 2.00. The molecule has 1 aromatic heterocycles. The Bertz CT molecular complexity index is 605. The van der Waals surface area contributed by atoms with Crippen molar-refractivity contribution < 1.29 is 9.53 Å². The van der Waals surface area contributed by atoms with Gasteiger partial charge in [0, 0.05) is 16.8 Å². The number of rotatable bonds is 1. The molecule has 0 N–H and O–H groups in total. The smallest absolute Gasteiger partial charge is 0.338 e. The molecule has 3 heteroatoms. The third kappa shape index (κ3) is 1.69. The fraction of sp³-hybridized carbons (Fsp3) is 0.143. The summed E-state index contributed by atoms with van der Waals surface area (Å²) >= 11 is 0. The normalized spacial score (nSPS) is 13.4. The standard InChI is InChI=1S/C14H11NO2/c1-9-3-2-4-13(15-9)10-5-6-12-11(7-10)8-17-14(12)16/h2-7H,8H2,1H3. The van der Waals surface area contributed by atoms with Gasteiger partial charge in [0.15, 0.2) is 0 Å². The maximum absolute atomic E-state index is 11.3. The fourth-order valence-electron chi connectivity index (χ4n) is 2.00. The Kier molecular flexibility index (Phi) is 2.18. The topological polar surface area (TPSA) is 39.2 Å². The van der Waals surface area contributed by atoms with Crippen molar-refractivity contribution in [3.05, 3.63) is 53.2 Å². The average molecular weight is 225 g/mol. The molecule has 0 radical (unpaired) electrons. The lowest BCUT2D eigenvalue weighted by atomic mass is 10.0. The summed E-state index contributed by atoms with van der Waals surface area (Å²) in [5.74, 6) is -0.233. The summed E-state index contributed by atoms with van der Waals surface area (Å²) < 4.78 is 4.98. The summed E-state index contributed by atoms with van der Waals surface area (Å²) in [6, 6.07) is 11.6. The Morgan fingerprint density at radius 2 is 2.12 bits per heavy atom. The van der Waals surface area contributed by atoms with Gasteiger partial charge in [-0.15, -0.1) is 0 Å². The first-order valence-electron chi connectivity index (χ1n) is 5.48. The van der Waals surface area contributed by atoms with Gasteiger partial charge >= 0.3 is 5.97 Å². The molecule has 2 heterocycles. The molecule has 0 fully saturated rings. The molecule has 0 saturated carbocycles. The van der Waals surface area contributed by atoms with E-state index < -0.39 is 0 Å². The van der Waals surface area contributed by atoms with Crippen molar-refractivity contribution in [2.75, 3.05) is 0 Å². The molecule has 0 atom stereocenters. The maximum atomic E-state index is 11.3. The minimum absolute atomic E-state index is 0.233. The zero-order valence-electron chi connectivity index (χ0n) is 9.43. The maximum Gasteiger partial charge on any atom is 0.338 e. The van der Waals surface area contributed by atoms with Crippen LogP contribution in [0.2, 0.25) is 0 Å². The Hall–Kier alpha value is -2.16. The second-order valence-electron chi connectivity index (χ2n) is 4.11. The van der Waals surface area contributed by atoms with Gasteiger partial charge in [-0.25, -0.2) is 4.79 Å². The van der Waals surface area contributed by atoms with Crippen molar-refractivity contribution >= 4 is 5.97 Å². The lowest BCUT2D eigenvalue weighted by molar-refractivity contribution is 0.0535. The number of benzene rings is 1. The van der Waals surface area contributed by atoms with E-state index in [1.807, 2.05) is 43.3 Å². The second kappa shape index (κ2) is 3.70. The predicted octanol–water partition coefficient (Wildman–Crippen LogP) is 2.73. The highest BCUT2D eigenvalue weighted by molar-refractivity contribution is 5.94. The quantitative estimate of drug-likeness (QED) is 0.700. The van der Waals surface area contributed by atoms with Crippen molar-refractivity contribution in [2.24, 2.45) is 0 Å². The summed E-state index contributed by atoms with van der Waals surface area (Å²) in [5, 5.41) is 0. The van der Waals surface area contributed by atoms with Gasteiger partial charge in [-0.2, -0.15) is 0 Å². The van der Waals surface area contributed by atoms with Crippen LogP contribution in [-0.2, 0) is 11.3 Å². The summed E-state index contributed by atoms with van der Waals surface area (Å²) in [6.45, 7) is 2.33. The second-order valence-corrected chi connectivity index (χ2v) is 4.11. The predicted molar refractivity (Wildman–Crippen MR) is 63.5 cm³/mol. The number of nitrogens with zero attached hydrogens (tertiary/aromatic N) is 1. The average Bonchev–Trinajstić information content (AvgIpc) is 2.71.